The van der Waals surface area contributed by atoms with E-state index < -0.39 is 0 Å². The third kappa shape index (κ3) is 3.44. The average molecular weight is 388 g/mol. The van der Waals surface area contributed by atoms with Crippen LogP contribution in [0.1, 0.15) is 29.5 Å². The molecule has 4 aromatic carbocycles. The topological polar surface area (TPSA) is 12.0 Å². The van der Waals surface area contributed by atoms with E-state index in [-0.39, 0.29) is 0 Å². The van der Waals surface area contributed by atoms with Crippen LogP contribution in [0.15, 0.2) is 109 Å². The summed E-state index contributed by atoms with van der Waals surface area (Å²) in [6, 6.07) is 33.0. The van der Waals surface area contributed by atoms with E-state index in [1.165, 1.54) is 44.2 Å². The van der Waals surface area contributed by atoms with Gasteiger partial charge in [-0.3, -0.25) is 0 Å². The lowest BCUT2D eigenvalue weighted by molar-refractivity contribution is 0.933. The van der Waals surface area contributed by atoms with Crippen LogP contribution in [0.3, 0.4) is 0 Å². The second-order valence-corrected chi connectivity index (χ2v) is 7.87. The summed E-state index contributed by atoms with van der Waals surface area (Å²) in [4.78, 5) is 0. The van der Waals surface area contributed by atoms with Crippen LogP contribution in [0.4, 0.5) is 0 Å². The van der Waals surface area contributed by atoms with Crippen molar-refractivity contribution >= 4 is 16.3 Å². The number of dihydropyridines is 1. The summed E-state index contributed by atoms with van der Waals surface area (Å²) in [5.41, 5.74) is 7.73. The van der Waals surface area contributed by atoms with Crippen LogP contribution >= 0.6 is 0 Å². The zero-order valence-corrected chi connectivity index (χ0v) is 17.2. The molecule has 1 N–H and O–H groups in total. The predicted molar refractivity (Wildman–Crippen MR) is 128 cm³/mol. The van der Waals surface area contributed by atoms with E-state index >= 15 is 0 Å². The van der Waals surface area contributed by atoms with Crippen molar-refractivity contribution in [1.29, 1.82) is 0 Å². The van der Waals surface area contributed by atoms with E-state index in [1.54, 1.807) is 0 Å². The molecule has 4 aromatic rings. The first-order valence-electron chi connectivity index (χ1n) is 10.6. The van der Waals surface area contributed by atoms with Gasteiger partial charge in [-0.1, -0.05) is 110 Å². The van der Waals surface area contributed by atoms with Crippen LogP contribution in [0.5, 0.6) is 0 Å². The Kier molecular flexibility index (Phi) is 4.94. The van der Waals surface area contributed by atoms with Gasteiger partial charge in [-0.25, -0.2) is 0 Å². The van der Waals surface area contributed by atoms with E-state index in [0.29, 0.717) is 5.92 Å². The second kappa shape index (κ2) is 8.04. The highest BCUT2D eigenvalue weighted by molar-refractivity contribution is 5.99. The summed E-state index contributed by atoms with van der Waals surface area (Å²) in [6.07, 6.45) is 6.42. The summed E-state index contributed by atoms with van der Waals surface area (Å²) in [7, 11) is 0. The van der Waals surface area contributed by atoms with Crippen molar-refractivity contribution in [3.63, 3.8) is 0 Å². The van der Waals surface area contributed by atoms with Gasteiger partial charge < -0.3 is 5.32 Å². The first-order chi connectivity index (χ1) is 14.8. The lowest BCUT2D eigenvalue weighted by Crippen LogP contribution is -2.08. The Morgan fingerprint density at radius 2 is 1.40 bits per heavy atom. The minimum absolute atomic E-state index is 0.352. The molecule has 0 amide bonds. The Morgan fingerprint density at radius 1 is 0.700 bits per heavy atom. The van der Waals surface area contributed by atoms with E-state index in [9.17, 15) is 0 Å². The third-order valence-electron chi connectivity index (χ3n) is 6.04. The minimum Gasteiger partial charge on any atom is -0.387 e. The fourth-order valence-electron chi connectivity index (χ4n) is 4.37. The Hall–Kier alpha value is -3.58. The van der Waals surface area contributed by atoms with Crippen molar-refractivity contribution < 1.29 is 0 Å². The summed E-state index contributed by atoms with van der Waals surface area (Å²) in [5, 5.41) is 5.93. The highest BCUT2D eigenvalue weighted by Crippen LogP contribution is 2.36. The number of rotatable bonds is 4. The van der Waals surface area contributed by atoms with Crippen LogP contribution in [-0.4, -0.2) is 6.54 Å². The normalized spacial score (nSPS) is 14.2. The number of fused-ring (bicyclic) bond motifs is 1. The molecule has 0 radical (unpaired) electrons. The SMILES string of the molecule is CC(c1ccccc1)c1ccc(-c2ccc(C3=CNCC=C3)cc2)c2ccccc12. The number of hydrogen-bond donors (Lipinski definition) is 1. The fraction of sp³-hybridized carbons (Fsp3) is 0.103. The van der Waals surface area contributed by atoms with Gasteiger partial charge in [-0.15, -0.1) is 0 Å². The zero-order valence-electron chi connectivity index (χ0n) is 17.2. The summed E-state index contributed by atoms with van der Waals surface area (Å²) >= 11 is 0. The van der Waals surface area contributed by atoms with E-state index in [1.807, 2.05) is 0 Å². The Morgan fingerprint density at radius 3 is 2.13 bits per heavy atom. The Bertz CT molecular complexity index is 1230. The van der Waals surface area contributed by atoms with Gasteiger partial charge in [-0.05, 0) is 44.2 Å². The molecule has 1 nitrogen and oxygen atoms in total. The van der Waals surface area contributed by atoms with Gasteiger partial charge in [0.15, 0.2) is 0 Å². The van der Waals surface area contributed by atoms with E-state index in [4.69, 9.17) is 0 Å². The van der Waals surface area contributed by atoms with Crippen molar-refractivity contribution in [3.05, 3.63) is 126 Å². The molecule has 1 heteroatoms. The lowest BCUT2D eigenvalue weighted by Gasteiger charge is -2.18. The van der Waals surface area contributed by atoms with Crippen molar-refractivity contribution in [3.8, 4) is 11.1 Å². The molecular formula is C29H25N. The van der Waals surface area contributed by atoms with E-state index in [0.717, 1.165) is 6.54 Å². The van der Waals surface area contributed by atoms with Crippen LogP contribution in [0.2, 0.25) is 0 Å². The Balaban J connectivity index is 1.56. The molecule has 1 heterocycles. The molecule has 0 fully saturated rings. The maximum absolute atomic E-state index is 3.29. The molecule has 5 rings (SSSR count). The predicted octanol–water partition coefficient (Wildman–Crippen LogP) is 7.16. The van der Waals surface area contributed by atoms with Crippen molar-refractivity contribution in [2.75, 3.05) is 6.54 Å². The monoisotopic (exact) mass is 387 g/mol. The smallest absolute Gasteiger partial charge is 0.0328 e. The molecule has 0 aromatic heterocycles. The van der Waals surface area contributed by atoms with Gasteiger partial charge in [-0.2, -0.15) is 0 Å². The summed E-state index contributed by atoms with van der Waals surface area (Å²) in [6.45, 7) is 3.20. The summed E-state index contributed by atoms with van der Waals surface area (Å²) < 4.78 is 0. The molecule has 146 valence electrons. The number of hydrogen-bond acceptors (Lipinski definition) is 1. The van der Waals surface area contributed by atoms with Crippen LogP contribution < -0.4 is 5.32 Å². The first kappa shape index (κ1) is 18.4. The van der Waals surface area contributed by atoms with Gasteiger partial charge >= 0.3 is 0 Å². The highest BCUT2D eigenvalue weighted by Gasteiger charge is 2.14. The molecule has 0 saturated heterocycles. The van der Waals surface area contributed by atoms with Crippen molar-refractivity contribution in [1.82, 2.24) is 5.32 Å². The van der Waals surface area contributed by atoms with E-state index in [2.05, 4.69) is 122 Å². The van der Waals surface area contributed by atoms with Gasteiger partial charge in [0.05, 0.1) is 0 Å². The maximum atomic E-state index is 3.29. The standard InChI is InChI=1S/C29H25N/c1-21(22-8-3-2-4-9-22)26-17-18-27(29-12-6-5-11-28(26)29)24-15-13-23(14-16-24)25-10-7-19-30-20-25/h2-18,20-21,30H,19H2,1H3. The highest BCUT2D eigenvalue weighted by atomic mass is 14.8. The Labute approximate surface area is 178 Å². The molecule has 1 unspecified atom stereocenters. The van der Waals surface area contributed by atoms with Gasteiger partial charge in [0.25, 0.3) is 0 Å². The minimum atomic E-state index is 0.352. The number of benzene rings is 4. The summed E-state index contributed by atoms with van der Waals surface area (Å²) in [5.74, 6) is 0.352. The van der Waals surface area contributed by atoms with Crippen molar-refractivity contribution in [2.24, 2.45) is 0 Å². The molecule has 0 aliphatic carbocycles. The molecule has 1 aliphatic rings. The van der Waals surface area contributed by atoms with Crippen LogP contribution in [0, 0.1) is 0 Å². The lowest BCUT2D eigenvalue weighted by atomic mass is 9.86. The molecular weight excluding hydrogens is 362 g/mol. The third-order valence-corrected chi connectivity index (χ3v) is 6.04. The van der Waals surface area contributed by atoms with Gasteiger partial charge in [0, 0.05) is 18.7 Å². The number of nitrogens with one attached hydrogen (secondary N) is 1. The zero-order chi connectivity index (χ0) is 20.3. The average Bonchev–Trinajstić information content (AvgIpc) is 2.84. The fourth-order valence-corrected chi connectivity index (χ4v) is 4.37. The van der Waals surface area contributed by atoms with Crippen LogP contribution in [-0.2, 0) is 0 Å². The second-order valence-electron chi connectivity index (χ2n) is 7.87. The quantitative estimate of drug-likeness (QED) is 0.392. The molecule has 0 bridgehead atoms. The largest absolute Gasteiger partial charge is 0.387 e. The van der Waals surface area contributed by atoms with Gasteiger partial charge in [0.2, 0.25) is 0 Å². The number of allylic oxidation sites excluding steroid dienone is 2. The van der Waals surface area contributed by atoms with Crippen LogP contribution in [0.25, 0.3) is 27.5 Å². The molecule has 1 atom stereocenters. The molecule has 0 spiro atoms. The molecule has 30 heavy (non-hydrogen) atoms. The molecule has 0 saturated carbocycles. The van der Waals surface area contributed by atoms with Gasteiger partial charge in [0.1, 0.15) is 0 Å². The van der Waals surface area contributed by atoms with Crippen molar-refractivity contribution in [2.45, 2.75) is 12.8 Å². The maximum Gasteiger partial charge on any atom is 0.0328 e. The first-order valence-corrected chi connectivity index (χ1v) is 10.6. The molecule has 1 aliphatic heterocycles.